The van der Waals surface area contributed by atoms with E-state index >= 15 is 0 Å². The third-order valence-corrected chi connectivity index (χ3v) is 3.94. The van der Waals surface area contributed by atoms with Gasteiger partial charge in [-0.15, -0.1) is 0 Å². The van der Waals surface area contributed by atoms with E-state index in [9.17, 15) is 14.4 Å². The molecule has 132 valence electrons. The lowest BCUT2D eigenvalue weighted by Gasteiger charge is -2.08. The standard InChI is InChI=1S/C18H11Cl2NO5/c19-10-5-6-12(20)13(7-10)21-17(23)9-25-18(24)16-8-14(22)11-3-1-2-4-15(11)26-16/h1-8H,9H2,(H,21,23). The molecule has 1 amide bonds. The Kier molecular flexibility index (Phi) is 5.25. The van der Waals surface area contributed by atoms with Gasteiger partial charge in [0.15, 0.2) is 12.0 Å². The summed E-state index contributed by atoms with van der Waals surface area (Å²) >= 11 is 11.8. The van der Waals surface area contributed by atoms with Crippen LogP contribution >= 0.6 is 23.2 Å². The Labute approximate surface area is 157 Å². The fourth-order valence-corrected chi connectivity index (χ4v) is 2.52. The van der Waals surface area contributed by atoms with Crippen LogP contribution in [-0.4, -0.2) is 18.5 Å². The molecular formula is C18H11Cl2NO5. The summed E-state index contributed by atoms with van der Waals surface area (Å²) in [5.74, 6) is -1.84. The minimum atomic E-state index is -0.930. The molecule has 0 aliphatic rings. The first kappa shape index (κ1) is 18.0. The minimum absolute atomic E-state index is 0.252. The van der Waals surface area contributed by atoms with E-state index in [0.29, 0.717) is 10.4 Å². The Bertz CT molecular complexity index is 1060. The molecule has 1 aromatic heterocycles. The highest BCUT2D eigenvalue weighted by Gasteiger charge is 2.16. The number of anilines is 1. The molecule has 0 fully saturated rings. The molecule has 2 aromatic carbocycles. The highest BCUT2D eigenvalue weighted by molar-refractivity contribution is 6.35. The predicted octanol–water partition coefficient (Wildman–Crippen LogP) is 3.90. The molecule has 0 radical (unpaired) electrons. The van der Waals surface area contributed by atoms with Gasteiger partial charge < -0.3 is 14.5 Å². The normalized spacial score (nSPS) is 10.5. The lowest BCUT2D eigenvalue weighted by Crippen LogP contribution is -2.21. The van der Waals surface area contributed by atoms with E-state index in [1.165, 1.54) is 12.1 Å². The van der Waals surface area contributed by atoms with Gasteiger partial charge in [-0.05, 0) is 30.3 Å². The Balaban J connectivity index is 1.68. The number of fused-ring (bicyclic) bond motifs is 1. The quantitative estimate of drug-likeness (QED) is 0.681. The molecule has 0 spiro atoms. The lowest BCUT2D eigenvalue weighted by molar-refractivity contribution is -0.119. The SMILES string of the molecule is O=C(COC(=O)c1cc(=O)c2ccccc2o1)Nc1cc(Cl)ccc1Cl. The van der Waals surface area contributed by atoms with E-state index in [-0.39, 0.29) is 27.5 Å². The molecule has 0 aliphatic carbocycles. The van der Waals surface area contributed by atoms with Crippen LogP contribution in [0.1, 0.15) is 10.6 Å². The van der Waals surface area contributed by atoms with E-state index in [1.54, 1.807) is 30.3 Å². The maximum atomic E-state index is 12.0. The number of nitrogens with one attached hydrogen (secondary N) is 1. The Hall–Kier alpha value is -2.83. The maximum absolute atomic E-state index is 12.0. The molecule has 0 bridgehead atoms. The molecule has 0 saturated carbocycles. The highest BCUT2D eigenvalue weighted by Crippen LogP contribution is 2.25. The number of para-hydroxylation sites is 1. The fourth-order valence-electron chi connectivity index (χ4n) is 2.19. The summed E-state index contributed by atoms with van der Waals surface area (Å²) in [5, 5.41) is 3.49. The summed E-state index contributed by atoms with van der Waals surface area (Å²) in [6.07, 6.45) is 0. The molecular weight excluding hydrogens is 381 g/mol. The van der Waals surface area contributed by atoms with E-state index < -0.39 is 18.5 Å². The van der Waals surface area contributed by atoms with Gasteiger partial charge in [-0.2, -0.15) is 0 Å². The molecule has 6 nitrogen and oxygen atoms in total. The Morgan fingerprint density at radius 3 is 2.65 bits per heavy atom. The zero-order chi connectivity index (χ0) is 18.7. The number of benzene rings is 2. The topological polar surface area (TPSA) is 85.6 Å². The van der Waals surface area contributed by atoms with Crippen molar-refractivity contribution in [2.24, 2.45) is 0 Å². The largest absolute Gasteiger partial charge is 0.450 e. The highest BCUT2D eigenvalue weighted by atomic mass is 35.5. The van der Waals surface area contributed by atoms with Gasteiger partial charge in [0, 0.05) is 11.1 Å². The third kappa shape index (κ3) is 4.04. The van der Waals surface area contributed by atoms with Crippen LogP contribution in [0, 0.1) is 0 Å². The van der Waals surface area contributed by atoms with Crippen LogP contribution in [0.25, 0.3) is 11.0 Å². The predicted molar refractivity (Wildman–Crippen MR) is 97.9 cm³/mol. The zero-order valence-electron chi connectivity index (χ0n) is 13.1. The van der Waals surface area contributed by atoms with Gasteiger partial charge in [0.25, 0.3) is 5.91 Å². The number of esters is 1. The van der Waals surface area contributed by atoms with Crippen LogP contribution in [-0.2, 0) is 9.53 Å². The number of hydrogen-bond donors (Lipinski definition) is 1. The number of hydrogen-bond acceptors (Lipinski definition) is 5. The van der Waals surface area contributed by atoms with E-state index in [2.05, 4.69) is 5.32 Å². The average Bonchev–Trinajstić information content (AvgIpc) is 2.62. The second-order valence-corrected chi connectivity index (χ2v) is 6.06. The minimum Gasteiger partial charge on any atom is -0.450 e. The van der Waals surface area contributed by atoms with Gasteiger partial charge in [-0.3, -0.25) is 9.59 Å². The molecule has 0 unspecified atom stereocenters. The van der Waals surface area contributed by atoms with Crippen molar-refractivity contribution in [2.45, 2.75) is 0 Å². The van der Waals surface area contributed by atoms with Gasteiger partial charge in [0.05, 0.1) is 16.1 Å². The van der Waals surface area contributed by atoms with Gasteiger partial charge in [-0.25, -0.2) is 4.79 Å². The van der Waals surface area contributed by atoms with Crippen molar-refractivity contribution in [2.75, 3.05) is 11.9 Å². The first-order valence-corrected chi connectivity index (χ1v) is 8.14. The smallest absolute Gasteiger partial charge is 0.374 e. The number of ether oxygens (including phenoxy) is 1. The molecule has 0 aliphatic heterocycles. The third-order valence-electron chi connectivity index (χ3n) is 3.37. The van der Waals surface area contributed by atoms with Crippen LogP contribution in [0.15, 0.2) is 57.7 Å². The van der Waals surface area contributed by atoms with Gasteiger partial charge in [0.1, 0.15) is 5.58 Å². The summed E-state index contributed by atoms with van der Waals surface area (Å²) in [6, 6.07) is 12.1. The van der Waals surface area contributed by atoms with Crippen molar-refractivity contribution < 1.29 is 18.7 Å². The molecule has 0 saturated heterocycles. The molecule has 26 heavy (non-hydrogen) atoms. The van der Waals surface area contributed by atoms with Gasteiger partial charge in [-0.1, -0.05) is 35.3 Å². The van der Waals surface area contributed by atoms with Crippen molar-refractivity contribution >= 4 is 51.7 Å². The summed E-state index contributed by atoms with van der Waals surface area (Å²) < 4.78 is 10.2. The summed E-state index contributed by atoms with van der Waals surface area (Å²) in [5.41, 5.74) is 0.161. The van der Waals surface area contributed by atoms with Gasteiger partial charge >= 0.3 is 5.97 Å². The first-order valence-electron chi connectivity index (χ1n) is 7.39. The number of amides is 1. The van der Waals surface area contributed by atoms with Crippen molar-refractivity contribution in [3.63, 3.8) is 0 Å². The number of halogens is 2. The summed E-state index contributed by atoms with van der Waals surface area (Å²) in [6.45, 7) is -0.585. The lowest BCUT2D eigenvalue weighted by atomic mass is 10.2. The van der Waals surface area contributed by atoms with E-state index in [0.717, 1.165) is 6.07 Å². The average molecular weight is 392 g/mol. The van der Waals surface area contributed by atoms with Gasteiger partial charge in [0.2, 0.25) is 5.76 Å². The van der Waals surface area contributed by atoms with Crippen LogP contribution in [0.4, 0.5) is 5.69 Å². The molecule has 3 rings (SSSR count). The Morgan fingerprint density at radius 1 is 1.08 bits per heavy atom. The van der Waals surface area contributed by atoms with Crippen LogP contribution in [0.2, 0.25) is 10.0 Å². The van der Waals surface area contributed by atoms with Crippen molar-refractivity contribution in [3.8, 4) is 0 Å². The number of rotatable bonds is 4. The maximum Gasteiger partial charge on any atom is 0.374 e. The van der Waals surface area contributed by atoms with E-state index in [1.807, 2.05) is 0 Å². The first-order chi connectivity index (χ1) is 12.4. The summed E-state index contributed by atoms with van der Waals surface area (Å²) in [7, 11) is 0. The second kappa shape index (κ2) is 7.59. The molecule has 1 N–H and O–H groups in total. The molecule has 8 heteroatoms. The zero-order valence-corrected chi connectivity index (χ0v) is 14.6. The monoisotopic (exact) mass is 391 g/mol. The number of carbonyl (C=O) groups is 2. The van der Waals surface area contributed by atoms with Crippen molar-refractivity contribution in [3.05, 3.63) is 74.6 Å². The van der Waals surface area contributed by atoms with Crippen molar-refractivity contribution in [1.29, 1.82) is 0 Å². The van der Waals surface area contributed by atoms with Crippen molar-refractivity contribution in [1.82, 2.24) is 0 Å². The molecule has 0 atom stereocenters. The summed E-state index contributed by atoms with van der Waals surface area (Å²) in [4.78, 5) is 35.9. The Morgan fingerprint density at radius 2 is 1.85 bits per heavy atom. The van der Waals surface area contributed by atoms with Crippen LogP contribution in [0.3, 0.4) is 0 Å². The van der Waals surface area contributed by atoms with Crippen LogP contribution < -0.4 is 10.7 Å². The van der Waals surface area contributed by atoms with E-state index in [4.69, 9.17) is 32.4 Å². The van der Waals surface area contributed by atoms with Crippen LogP contribution in [0.5, 0.6) is 0 Å². The molecule has 1 heterocycles. The second-order valence-electron chi connectivity index (χ2n) is 5.22. The fraction of sp³-hybridized carbons (Fsp3) is 0.0556. The number of carbonyl (C=O) groups excluding carboxylic acids is 2. The molecule has 3 aromatic rings.